The molecule has 2 nitrogen and oxygen atoms in total. The minimum Gasteiger partial charge on any atom is -0.382 e. The van der Waals surface area contributed by atoms with Crippen molar-refractivity contribution in [3.05, 3.63) is 0 Å². The van der Waals surface area contributed by atoms with Gasteiger partial charge in [-0.25, -0.2) is 0 Å². The van der Waals surface area contributed by atoms with Gasteiger partial charge >= 0.3 is 0 Å². The molecule has 1 heterocycles. The van der Waals surface area contributed by atoms with Gasteiger partial charge in [0.15, 0.2) is 0 Å². The second-order valence-corrected chi connectivity index (χ2v) is 4.91. The van der Waals surface area contributed by atoms with Crippen molar-refractivity contribution >= 4 is 11.8 Å². The van der Waals surface area contributed by atoms with Crippen LogP contribution in [0.2, 0.25) is 0 Å². The van der Waals surface area contributed by atoms with Gasteiger partial charge < -0.3 is 10.1 Å². The number of methoxy groups -OCH3 is 1. The molecule has 60 valence electrons. The first kappa shape index (κ1) is 8.37. The lowest BCUT2D eigenvalue weighted by Gasteiger charge is -2.21. The molecule has 0 aromatic rings. The highest BCUT2D eigenvalue weighted by atomic mass is 32.2. The van der Waals surface area contributed by atoms with E-state index >= 15 is 0 Å². The smallest absolute Gasteiger partial charge is 0.0856 e. The van der Waals surface area contributed by atoms with Gasteiger partial charge in [0, 0.05) is 18.9 Å². The molecule has 1 aliphatic rings. The monoisotopic (exact) mass is 161 g/mol. The number of rotatable bonds is 2. The summed E-state index contributed by atoms with van der Waals surface area (Å²) in [6, 6.07) is 0. The Morgan fingerprint density at radius 1 is 1.80 bits per heavy atom. The molecular weight excluding hydrogens is 146 g/mol. The van der Waals surface area contributed by atoms with Crippen molar-refractivity contribution in [1.82, 2.24) is 5.32 Å². The predicted octanol–water partition coefficient (Wildman–Crippen LogP) is 1.07. The molecule has 0 aromatic carbocycles. The zero-order valence-electron chi connectivity index (χ0n) is 6.81. The molecule has 2 atom stereocenters. The van der Waals surface area contributed by atoms with Crippen LogP contribution in [0.25, 0.3) is 0 Å². The van der Waals surface area contributed by atoms with Crippen LogP contribution in [0.5, 0.6) is 0 Å². The molecule has 0 bridgehead atoms. The predicted molar refractivity (Wildman–Crippen MR) is 45.3 cm³/mol. The Hall–Kier alpha value is 0.270. The molecule has 0 spiro atoms. The van der Waals surface area contributed by atoms with E-state index in [1.54, 1.807) is 7.11 Å². The zero-order valence-corrected chi connectivity index (χ0v) is 7.62. The van der Waals surface area contributed by atoms with E-state index in [1.165, 1.54) is 0 Å². The van der Waals surface area contributed by atoms with Gasteiger partial charge in [0.05, 0.1) is 11.5 Å². The Morgan fingerprint density at radius 2 is 2.50 bits per heavy atom. The topological polar surface area (TPSA) is 21.3 Å². The van der Waals surface area contributed by atoms with Crippen LogP contribution in [0.3, 0.4) is 0 Å². The normalized spacial score (nSPS) is 40.5. The van der Waals surface area contributed by atoms with E-state index in [0.29, 0.717) is 0 Å². The lowest BCUT2D eigenvalue weighted by molar-refractivity contribution is 0.164. The third-order valence-electron chi connectivity index (χ3n) is 1.64. The summed E-state index contributed by atoms with van der Waals surface area (Å²) in [7, 11) is 1.75. The number of hydrogen-bond donors (Lipinski definition) is 1. The average Bonchev–Trinajstić information content (AvgIpc) is 2.12. The van der Waals surface area contributed by atoms with Gasteiger partial charge in [0.2, 0.25) is 0 Å². The van der Waals surface area contributed by atoms with Crippen molar-refractivity contribution in [3.8, 4) is 0 Å². The van der Waals surface area contributed by atoms with E-state index in [-0.39, 0.29) is 4.87 Å². The molecule has 0 saturated carbocycles. The van der Waals surface area contributed by atoms with E-state index in [2.05, 4.69) is 19.2 Å². The van der Waals surface area contributed by atoms with Gasteiger partial charge in [-0.2, -0.15) is 0 Å². The molecular formula is C7H15NOS. The van der Waals surface area contributed by atoms with Crippen LogP contribution in [0.4, 0.5) is 0 Å². The quantitative estimate of drug-likeness (QED) is 0.654. The van der Waals surface area contributed by atoms with Crippen LogP contribution < -0.4 is 5.32 Å². The number of thioether (sulfide) groups is 1. The Balaban J connectivity index is 2.38. The van der Waals surface area contributed by atoms with Crippen LogP contribution in [0.15, 0.2) is 0 Å². The first-order valence-electron chi connectivity index (χ1n) is 3.58. The maximum atomic E-state index is 5.09. The second kappa shape index (κ2) is 3.11. The first-order chi connectivity index (χ1) is 4.66. The highest BCUT2D eigenvalue weighted by molar-refractivity contribution is 8.01. The van der Waals surface area contributed by atoms with E-state index < -0.39 is 0 Å². The fraction of sp³-hybridized carbons (Fsp3) is 1.00. The first-order valence-corrected chi connectivity index (χ1v) is 4.46. The van der Waals surface area contributed by atoms with E-state index in [9.17, 15) is 0 Å². The zero-order chi connectivity index (χ0) is 7.61. The molecule has 0 aliphatic carbocycles. The Kier molecular flexibility index (Phi) is 2.61. The molecule has 3 heteroatoms. The SMILES string of the molecule is COCC1(C)NCC(C)S1. The van der Waals surface area contributed by atoms with Crippen molar-refractivity contribution in [1.29, 1.82) is 0 Å². The summed E-state index contributed by atoms with van der Waals surface area (Å²) in [5.41, 5.74) is 0. The minimum absolute atomic E-state index is 0.161. The maximum absolute atomic E-state index is 5.09. The highest BCUT2D eigenvalue weighted by Gasteiger charge is 2.32. The summed E-state index contributed by atoms with van der Waals surface area (Å²) in [5, 5.41) is 4.14. The van der Waals surface area contributed by atoms with Gasteiger partial charge in [-0.15, -0.1) is 11.8 Å². The largest absolute Gasteiger partial charge is 0.382 e. The molecule has 1 aliphatic heterocycles. The van der Waals surface area contributed by atoms with Gasteiger partial charge in [-0.1, -0.05) is 6.92 Å². The van der Waals surface area contributed by atoms with Crippen LogP contribution in [-0.2, 0) is 4.74 Å². The standard InChI is InChI=1S/C7H15NOS/c1-6-4-8-7(2,10-6)5-9-3/h6,8H,4-5H2,1-3H3. The number of ether oxygens (including phenoxy) is 1. The second-order valence-electron chi connectivity index (χ2n) is 2.97. The van der Waals surface area contributed by atoms with Gasteiger partial charge in [-0.05, 0) is 6.92 Å². The van der Waals surface area contributed by atoms with E-state index in [1.807, 2.05) is 11.8 Å². The highest BCUT2D eigenvalue weighted by Crippen LogP contribution is 2.31. The molecule has 0 amide bonds. The summed E-state index contributed by atoms with van der Waals surface area (Å²) < 4.78 is 5.09. The Bertz CT molecular complexity index is 116. The molecule has 2 unspecified atom stereocenters. The lowest BCUT2D eigenvalue weighted by Crippen LogP contribution is -2.38. The van der Waals surface area contributed by atoms with E-state index in [0.717, 1.165) is 18.4 Å². The minimum atomic E-state index is 0.161. The molecule has 1 saturated heterocycles. The van der Waals surface area contributed by atoms with Crippen LogP contribution in [0, 0.1) is 0 Å². The molecule has 0 aromatic heterocycles. The van der Waals surface area contributed by atoms with Gasteiger partial charge in [0.1, 0.15) is 0 Å². The molecule has 10 heavy (non-hydrogen) atoms. The van der Waals surface area contributed by atoms with Crippen molar-refractivity contribution < 1.29 is 4.74 Å². The molecule has 1 N–H and O–H groups in total. The third-order valence-corrected chi connectivity index (χ3v) is 3.00. The Labute approximate surface area is 66.7 Å². The van der Waals surface area contributed by atoms with E-state index in [4.69, 9.17) is 4.74 Å². The average molecular weight is 161 g/mol. The molecule has 0 radical (unpaired) electrons. The molecule has 1 fully saturated rings. The van der Waals surface area contributed by atoms with Crippen LogP contribution in [0.1, 0.15) is 13.8 Å². The summed E-state index contributed by atoms with van der Waals surface area (Å²) in [6.07, 6.45) is 0. The number of hydrogen-bond acceptors (Lipinski definition) is 3. The van der Waals surface area contributed by atoms with Gasteiger partial charge in [0.25, 0.3) is 0 Å². The maximum Gasteiger partial charge on any atom is 0.0856 e. The Morgan fingerprint density at radius 3 is 2.90 bits per heavy atom. The number of nitrogens with one attached hydrogen (secondary N) is 1. The van der Waals surface area contributed by atoms with Crippen molar-refractivity contribution in [3.63, 3.8) is 0 Å². The van der Waals surface area contributed by atoms with Crippen LogP contribution in [-0.4, -0.2) is 30.4 Å². The fourth-order valence-corrected chi connectivity index (χ4v) is 2.65. The third kappa shape index (κ3) is 1.87. The van der Waals surface area contributed by atoms with Crippen molar-refractivity contribution in [2.24, 2.45) is 0 Å². The lowest BCUT2D eigenvalue weighted by atomic mass is 10.3. The van der Waals surface area contributed by atoms with Crippen LogP contribution >= 0.6 is 11.8 Å². The fourth-order valence-electron chi connectivity index (χ4n) is 1.25. The van der Waals surface area contributed by atoms with Crippen molar-refractivity contribution in [2.75, 3.05) is 20.3 Å². The van der Waals surface area contributed by atoms with Gasteiger partial charge in [-0.3, -0.25) is 0 Å². The summed E-state index contributed by atoms with van der Waals surface area (Å²) in [4.78, 5) is 0.161. The molecule has 1 rings (SSSR count). The summed E-state index contributed by atoms with van der Waals surface area (Å²) in [5.74, 6) is 0. The van der Waals surface area contributed by atoms with Crippen molar-refractivity contribution in [2.45, 2.75) is 24.0 Å². The summed E-state index contributed by atoms with van der Waals surface area (Å²) >= 11 is 1.96. The summed E-state index contributed by atoms with van der Waals surface area (Å²) in [6.45, 7) is 6.32.